The first-order chi connectivity index (χ1) is 9.56. The Bertz CT molecular complexity index is 634. The van der Waals surface area contributed by atoms with Crippen molar-refractivity contribution in [2.24, 2.45) is 0 Å². The monoisotopic (exact) mass is 272 g/mol. The van der Waals surface area contributed by atoms with Crippen molar-refractivity contribution in [2.45, 2.75) is 13.3 Å². The van der Waals surface area contributed by atoms with Gasteiger partial charge in [-0.15, -0.1) is 0 Å². The molecule has 0 heterocycles. The molecule has 0 unspecified atom stereocenters. The average Bonchev–Trinajstić information content (AvgIpc) is 2.46. The van der Waals surface area contributed by atoms with E-state index >= 15 is 0 Å². The molecular formula is C16H14F2N2. The minimum Gasteiger partial charge on any atom is -0.340 e. The summed E-state index contributed by atoms with van der Waals surface area (Å²) in [6, 6.07) is 11.3. The van der Waals surface area contributed by atoms with Crippen LogP contribution in [0.15, 0.2) is 36.4 Å². The molecule has 0 aliphatic rings. The molecule has 0 aromatic heterocycles. The summed E-state index contributed by atoms with van der Waals surface area (Å²) in [6.45, 7) is 2.04. The highest BCUT2D eigenvalue weighted by molar-refractivity contribution is 5.64. The van der Waals surface area contributed by atoms with E-state index in [2.05, 4.69) is 0 Å². The minimum absolute atomic E-state index is 0.0292. The smallest absolute Gasteiger partial charge is 0.151 e. The third-order valence-corrected chi connectivity index (χ3v) is 3.21. The van der Waals surface area contributed by atoms with E-state index in [4.69, 9.17) is 5.26 Å². The van der Waals surface area contributed by atoms with E-state index in [-0.39, 0.29) is 11.3 Å². The fourth-order valence-corrected chi connectivity index (χ4v) is 2.03. The predicted octanol–water partition coefficient (Wildman–Crippen LogP) is 4.17. The molecule has 0 amide bonds. The quantitative estimate of drug-likeness (QED) is 0.838. The predicted molar refractivity (Wildman–Crippen MR) is 75.0 cm³/mol. The van der Waals surface area contributed by atoms with Gasteiger partial charge in [-0.25, -0.2) is 8.78 Å². The van der Waals surface area contributed by atoms with E-state index in [0.717, 1.165) is 24.1 Å². The summed E-state index contributed by atoms with van der Waals surface area (Å²) < 4.78 is 27.9. The lowest BCUT2D eigenvalue weighted by Gasteiger charge is -2.21. The Morgan fingerprint density at radius 3 is 2.10 bits per heavy atom. The fraction of sp³-hybridized carbons (Fsp3) is 0.188. The average molecular weight is 272 g/mol. The van der Waals surface area contributed by atoms with Gasteiger partial charge in [0.2, 0.25) is 0 Å². The maximum Gasteiger partial charge on any atom is 0.151 e. The molecule has 2 aromatic carbocycles. The number of nitrogens with zero attached hydrogens (tertiary/aromatic N) is 2. The number of anilines is 2. The van der Waals surface area contributed by atoms with E-state index in [9.17, 15) is 8.78 Å². The number of nitriles is 1. The van der Waals surface area contributed by atoms with Gasteiger partial charge in [-0.1, -0.05) is 19.1 Å². The Hall–Kier alpha value is -2.41. The molecule has 2 nitrogen and oxygen atoms in total. The lowest BCUT2D eigenvalue weighted by atomic mass is 10.1. The van der Waals surface area contributed by atoms with Crippen LogP contribution < -0.4 is 4.90 Å². The first-order valence-electron chi connectivity index (χ1n) is 6.28. The summed E-state index contributed by atoms with van der Waals surface area (Å²) in [4.78, 5) is 1.44. The number of hydrogen-bond donors (Lipinski definition) is 0. The summed E-state index contributed by atoms with van der Waals surface area (Å²) in [6.07, 6.45) is 0.906. The van der Waals surface area contributed by atoms with Gasteiger partial charge in [0.15, 0.2) is 11.6 Å². The van der Waals surface area contributed by atoms with Gasteiger partial charge in [0.05, 0.1) is 11.6 Å². The van der Waals surface area contributed by atoms with Crippen molar-refractivity contribution < 1.29 is 8.78 Å². The van der Waals surface area contributed by atoms with Crippen LogP contribution in [-0.4, -0.2) is 7.05 Å². The van der Waals surface area contributed by atoms with Gasteiger partial charge in [-0.3, -0.25) is 0 Å². The Labute approximate surface area is 116 Å². The molecule has 0 saturated carbocycles. The molecule has 0 bridgehead atoms. The van der Waals surface area contributed by atoms with Gasteiger partial charge < -0.3 is 4.90 Å². The van der Waals surface area contributed by atoms with Gasteiger partial charge in [-0.05, 0) is 36.2 Å². The van der Waals surface area contributed by atoms with Gasteiger partial charge in [0.1, 0.15) is 5.69 Å². The highest BCUT2D eigenvalue weighted by Crippen LogP contribution is 2.30. The summed E-state index contributed by atoms with van der Waals surface area (Å²) in [5.74, 6) is -1.49. The van der Waals surface area contributed by atoms with Crippen LogP contribution in [0.2, 0.25) is 0 Å². The summed E-state index contributed by atoms with van der Waals surface area (Å²) >= 11 is 0. The van der Waals surface area contributed by atoms with Crippen molar-refractivity contribution in [1.82, 2.24) is 0 Å². The molecule has 0 spiro atoms. The molecule has 0 aliphatic carbocycles. The Morgan fingerprint density at radius 1 is 1.10 bits per heavy atom. The third-order valence-electron chi connectivity index (χ3n) is 3.21. The molecule has 4 heteroatoms. The van der Waals surface area contributed by atoms with E-state index < -0.39 is 11.6 Å². The minimum atomic E-state index is -0.747. The zero-order chi connectivity index (χ0) is 14.7. The van der Waals surface area contributed by atoms with Crippen LogP contribution >= 0.6 is 0 Å². The second-order valence-corrected chi connectivity index (χ2v) is 4.48. The SMILES string of the molecule is CCc1ccc(N(C)c2c(F)cc(C#N)cc2F)cc1. The van der Waals surface area contributed by atoms with Crippen LogP contribution in [0.5, 0.6) is 0 Å². The lowest BCUT2D eigenvalue weighted by molar-refractivity contribution is 0.583. The first kappa shape index (κ1) is 14.0. The Balaban J connectivity index is 2.42. The van der Waals surface area contributed by atoms with Gasteiger partial charge in [-0.2, -0.15) is 5.26 Å². The molecule has 0 atom stereocenters. The van der Waals surface area contributed by atoms with Crippen molar-refractivity contribution in [3.63, 3.8) is 0 Å². The van der Waals surface area contributed by atoms with E-state index in [1.165, 1.54) is 4.90 Å². The number of aryl methyl sites for hydroxylation is 1. The molecule has 2 rings (SSSR count). The van der Waals surface area contributed by atoms with E-state index in [0.29, 0.717) is 5.69 Å². The van der Waals surface area contributed by atoms with Crippen molar-refractivity contribution in [1.29, 1.82) is 5.26 Å². The van der Waals surface area contributed by atoms with Crippen LogP contribution in [0.3, 0.4) is 0 Å². The van der Waals surface area contributed by atoms with Crippen LogP contribution in [-0.2, 0) is 6.42 Å². The van der Waals surface area contributed by atoms with E-state index in [1.54, 1.807) is 13.1 Å². The molecule has 0 fully saturated rings. The van der Waals surface area contributed by atoms with Gasteiger partial charge in [0, 0.05) is 12.7 Å². The van der Waals surface area contributed by atoms with Crippen LogP contribution in [0, 0.1) is 23.0 Å². The zero-order valence-electron chi connectivity index (χ0n) is 11.3. The molecule has 0 aliphatic heterocycles. The topological polar surface area (TPSA) is 27.0 Å². The Morgan fingerprint density at radius 2 is 1.65 bits per heavy atom. The van der Waals surface area contributed by atoms with Crippen molar-refractivity contribution in [3.8, 4) is 6.07 Å². The first-order valence-corrected chi connectivity index (χ1v) is 6.28. The maximum absolute atomic E-state index is 13.9. The normalized spacial score (nSPS) is 10.2. The largest absolute Gasteiger partial charge is 0.340 e. The van der Waals surface area contributed by atoms with Crippen LogP contribution in [0.1, 0.15) is 18.1 Å². The van der Waals surface area contributed by atoms with Gasteiger partial charge >= 0.3 is 0 Å². The molecule has 2 aromatic rings. The number of rotatable bonds is 3. The van der Waals surface area contributed by atoms with Gasteiger partial charge in [0.25, 0.3) is 0 Å². The number of benzene rings is 2. The van der Waals surface area contributed by atoms with Crippen LogP contribution in [0.4, 0.5) is 20.2 Å². The molecule has 0 radical (unpaired) electrons. The summed E-state index contributed by atoms with van der Waals surface area (Å²) in [7, 11) is 1.59. The highest BCUT2D eigenvalue weighted by atomic mass is 19.1. The highest BCUT2D eigenvalue weighted by Gasteiger charge is 2.16. The standard InChI is InChI=1S/C16H14F2N2/c1-3-11-4-6-13(7-5-11)20(2)16-14(17)8-12(10-19)9-15(16)18/h4-9H,3H2,1-2H3. The molecular weight excluding hydrogens is 258 g/mol. The molecule has 102 valence electrons. The van der Waals surface area contributed by atoms with E-state index in [1.807, 2.05) is 31.2 Å². The number of hydrogen-bond acceptors (Lipinski definition) is 2. The van der Waals surface area contributed by atoms with Crippen molar-refractivity contribution in [3.05, 3.63) is 59.2 Å². The second kappa shape index (κ2) is 5.70. The molecule has 0 saturated heterocycles. The number of halogens is 2. The summed E-state index contributed by atoms with van der Waals surface area (Å²) in [5, 5.41) is 8.69. The lowest BCUT2D eigenvalue weighted by Crippen LogP contribution is -2.13. The summed E-state index contributed by atoms with van der Waals surface area (Å²) in [5.41, 5.74) is 1.65. The maximum atomic E-state index is 13.9. The fourth-order valence-electron chi connectivity index (χ4n) is 2.03. The van der Waals surface area contributed by atoms with Crippen molar-refractivity contribution >= 4 is 11.4 Å². The third kappa shape index (κ3) is 2.62. The zero-order valence-corrected chi connectivity index (χ0v) is 11.3. The van der Waals surface area contributed by atoms with Crippen molar-refractivity contribution in [2.75, 3.05) is 11.9 Å². The molecule has 20 heavy (non-hydrogen) atoms. The molecule has 0 N–H and O–H groups in total. The Kier molecular flexibility index (Phi) is 3.99. The van der Waals surface area contributed by atoms with Crippen LogP contribution in [0.25, 0.3) is 0 Å². The second-order valence-electron chi connectivity index (χ2n) is 4.48.